The van der Waals surface area contributed by atoms with Crippen molar-refractivity contribution >= 4 is 11.7 Å². The van der Waals surface area contributed by atoms with Crippen LogP contribution in [0.2, 0.25) is 0 Å². The highest BCUT2D eigenvalue weighted by Gasteiger charge is 2.35. The first-order valence-electron chi connectivity index (χ1n) is 7.67. The molecule has 1 saturated heterocycles. The third-order valence-electron chi connectivity index (χ3n) is 4.43. The number of hydrogen-bond donors (Lipinski definition) is 2. The smallest absolute Gasteiger partial charge is 0.242 e. The Morgan fingerprint density at radius 1 is 1.50 bits per heavy atom. The van der Waals surface area contributed by atoms with Crippen molar-refractivity contribution in [3.8, 4) is 0 Å². The van der Waals surface area contributed by atoms with Crippen molar-refractivity contribution in [2.24, 2.45) is 5.41 Å². The average molecular weight is 307 g/mol. The highest BCUT2D eigenvalue weighted by Crippen LogP contribution is 2.31. The molecule has 1 fully saturated rings. The number of carbonyl (C=O) groups is 1. The molecule has 0 unspecified atom stereocenters. The number of amides is 1. The maximum atomic E-state index is 12.3. The Balaban J connectivity index is 1.93. The van der Waals surface area contributed by atoms with Crippen LogP contribution in [0.5, 0.6) is 0 Å². The van der Waals surface area contributed by atoms with Gasteiger partial charge in [0.2, 0.25) is 5.91 Å². The van der Waals surface area contributed by atoms with Gasteiger partial charge in [-0.3, -0.25) is 9.69 Å². The van der Waals surface area contributed by atoms with Crippen molar-refractivity contribution in [1.82, 2.24) is 9.88 Å². The van der Waals surface area contributed by atoms with Gasteiger partial charge in [0.25, 0.3) is 0 Å². The lowest BCUT2D eigenvalue weighted by molar-refractivity contribution is -0.121. The molecule has 1 aromatic rings. The zero-order valence-electron chi connectivity index (χ0n) is 13.3. The standard InChI is InChI=1S/C16H25N3O3/c1-13(15(21)18-14-5-3-4-8-17-14)19(2)11-16(12-20)6-9-22-10-7-16/h3-5,8,13,20H,6-7,9-12H2,1-2H3,(H,17,18,21)/t13-/m1/s1. The van der Waals surface area contributed by atoms with Crippen LogP contribution in [-0.4, -0.2) is 60.4 Å². The molecule has 122 valence electrons. The van der Waals surface area contributed by atoms with E-state index in [1.54, 1.807) is 18.3 Å². The Hall–Kier alpha value is -1.50. The van der Waals surface area contributed by atoms with Crippen LogP contribution in [0.4, 0.5) is 5.82 Å². The van der Waals surface area contributed by atoms with Gasteiger partial charge in [-0.05, 0) is 38.9 Å². The molecule has 2 N–H and O–H groups in total. The normalized spacial score (nSPS) is 18.9. The lowest BCUT2D eigenvalue weighted by Crippen LogP contribution is -2.48. The van der Waals surface area contributed by atoms with Crippen molar-refractivity contribution in [2.45, 2.75) is 25.8 Å². The number of pyridine rings is 1. The summed E-state index contributed by atoms with van der Waals surface area (Å²) in [5.41, 5.74) is -0.174. The van der Waals surface area contributed by atoms with E-state index in [1.165, 1.54) is 0 Å². The van der Waals surface area contributed by atoms with Gasteiger partial charge in [-0.2, -0.15) is 0 Å². The number of likely N-dealkylation sites (N-methyl/N-ethyl adjacent to an activating group) is 1. The maximum absolute atomic E-state index is 12.3. The van der Waals surface area contributed by atoms with E-state index in [0.717, 1.165) is 12.8 Å². The molecule has 6 heteroatoms. The van der Waals surface area contributed by atoms with Crippen molar-refractivity contribution in [2.75, 3.05) is 38.7 Å². The molecule has 2 rings (SSSR count). The van der Waals surface area contributed by atoms with E-state index in [-0.39, 0.29) is 24.0 Å². The van der Waals surface area contributed by atoms with Gasteiger partial charge in [0.1, 0.15) is 5.82 Å². The van der Waals surface area contributed by atoms with Crippen molar-refractivity contribution in [3.05, 3.63) is 24.4 Å². The van der Waals surface area contributed by atoms with E-state index < -0.39 is 0 Å². The molecule has 1 aliphatic rings. The van der Waals surface area contributed by atoms with E-state index in [1.807, 2.05) is 24.9 Å². The van der Waals surface area contributed by atoms with Gasteiger partial charge in [0, 0.05) is 31.4 Å². The van der Waals surface area contributed by atoms with E-state index in [9.17, 15) is 9.90 Å². The quantitative estimate of drug-likeness (QED) is 0.824. The Labute approximate surface area is 131 Å². The molecule has 1 aromatic heterocycles. The van der Waals surface area contributed by atoms with Crippen LogP contribution in [0.25, 0.3) is 0 Å². The second kappa shape index (κ2) is 7.67. The number of aliphatic hydroxyl groups is 1. The summed E-state index contributed by atoms with van der Waals surface area (Å²) in [5, 5.41) is 12.6. The van der Waals surface area contributed by atoms with Crippen molar-refractivity contribution < 1.29 is 14.6 Å². The second-order valence-electron chi connectivity index (χ2n) is 6.07. The van der Waals surface area contributed by atoms with Crippen molar-refractivity contribution in [1.29, 1.82) is 0 Å². The van der Waals surface area contributed by atoms with E-state index in [4.69, 9.17) is 4.74 Å². The van der Waals surface area contributed by atoms with E-state index >= 15 is 0 Å². The lowest BCUT2D eigenvalue weighted by Gasteiger charge is -2.39. The lowest BCUT2D eigenvalue weighted by atomic mass is 9.80. The van der Waals surface area contributed by atoms with Gasteiger partial charge in [-0.1, -0.05) is 6.07 Å². The number of nitrogens with zero attached hydrogens (tertiary/aromatic N) is 2. The van der Waals surface area contributed by atoms with Gasteiger partial charge in [-0.15, -0.1) is 0 Å². The minimum absolute atomic E-state index is 0.0960. The van der Waals surface area contributed by atoms with Gasteiger partial charge in [0.05, 0.1) is 12.6 Å². The van der Waals surface area contributed by atoms with Crippen molar-refractivity contribution in [3.63, 3.8) is 0 Å². The monoisotopic (exact) mass is 307 g/mol. The van der Waals surface area contributed by atoms with Crippen LogP contribution in [0.1, 0.15) is 19.8 Å². The summed E-state index contributed by atoms with van der Waals surface area (Å²) in [5.74, 6) is 0.456. The van der Waals surface area contributed by atoms with Crippen LogP contribution in [0.3, 0.4) is 0 Å². The van der Waals surface area contributed by atoms with E-state index in [0.29, 0.717) is 25.6 Å². The number of aromatic nitrogens is 1. The molecule has 0 bridgehead atoms. The summed E-state index contributed by atoms with van der Waals surface area (Å²) in [4.78, 5) is 18.4. The molecule has 0 radical (unpaired) electrons. The number of aliphatic hydroxyl groups excluding tert-OH is 1. The third kappa shape index (κ3) is 4.25. The SMILES string of the molecule is C[C@H](C(=O)Nc1ccccn1)N(C)CC1(CO)CCOCC1. The van der Waals surface area contributed by atoms with Gasteiger partial charge < -0.3 is 15.2 Å². The van der Waals surface area contributed by atoms with Crippen LogP contribution >= 0.6 is 0 Å². The molecular formula is C16H25N3O3. The molecule has 0 aromatic carbocycles. The highest BCUT2D eigenvalue weighted by atomic mass is 16.5. The van der Waals surface area contributed by atoms with Crippen LogP contribution in [-0.2, 0) is 9.53 Å². The molecular weight excluding hydrogens is 282 g/mol. The molecule has 0 aliphatic carbocycles. The minimum Gasteiger partial charge on any atom is -0.396 e. The summed E-state index contributed by atoms with van der Waals surface area (Å²) < 4.78 is 5.38. The topological polar surface area (TPSA) is 74.7 Å². The fourth-order valence-corrected chi connectivity index (χ4v) is 2.70. The van der Waals surface area contributed by atoms with Gasteiger partial charge >= 0.3 is 0 Å². The first-order valence-corrected chi connectivity index (χ1v) is 7.67. The Bertz CT molecular complexity index is 475. The predicted molar refractivity (Wildman–Crippen MR) is 84.5 cm³/mol. The number of nitrogens with one attached hydrogen (secondary N) is 1. The molecule has 1 atom stereocenters. The largest absolute Gasteiger partial charge is 0.396 e. The number of anilines is 1. The minimum atomic E-state index is -0.298. The summed E-state index contributed by atoms with van der Waals surface area (Å²) in [6.45, 7) is 3.99. The number of ether oxygens (including phenoxy) is 1. The summed E-state index contributed by atoms with van der Waals surface area (Å²) in [7, 11) is 1.91. The maximum Gasteiger partial charge on any atom is 0.242 e. The summed E-state index contributed by atoms with van der Waals surface area (Å²) >= 11 is 0. The first-order chi connectivity index (χ1) is 10.6. The summed E-state index contributed by atoms with van der Waals surface area (Å²) in [6.07, 6.45) is 3.29. The fraction of sp³-hybridized carbons (Fsp3) is 0.625. The van der Waals surface area contributed by atoms with Gasteiger partial charge in [0.15, 0.2) is 0 Å². The van der Waals surface area contributed by atoms with E-state index in [2.05, 4.69) is 10.3 Å². The van der Waals surface area contributed by atoms with Crippen LogP contribution < -0.4 is 5.32 Å². The van der Waals surface area contributed by atoms with Crippen LogP contribution in [0.15, 0.2) is 24.4 Å². The molecule has 0 saturated carbocycles. The second-order valence-corrected chi connectivity index (χ2v) is 6.07. The number of rotatable bonds is 6. The number of hydrogen-bond acceptors (Lipinski definition) is 5. The number of carbonyl (C=O) groups excluding carboxylic acids is 1. The zero-order chi connectivity index (χ0) is 16.0. The Morgan fingerprint density at radius 3 is 2.82 bits per heavy atom. The zero-order valence-corrected chi connectivity index (χ0v) is 13.3. The third-order valence-corrected chi connectivity index (χ3v) is 4.43. The molecule has 2 heterocycles. The predicted octanol–water partition coefficient (Wildman–Crippen LogP) is 1.13. The van der Waals surface area contributed by atoms with Crippen LogP contribution in [0, 0.1) is 5.41 Å². The Morgan fingerprint density at radius 2 is 2.23 bits per heavy atom. The molecule has 6 nitrogen and oxygen atoms in total. The molecule has 0 spiro atoms. The molecule has 1 amide bonds. The fourth-order valence-electron chi connectivity index (χ4n) is 2.70. The Kier molecular flexibility index (Phi) is 5.88. The first kappa shape index (κ1) is 16.9. The average Bonchev–Trinajstić information content (AvgIpc) is 2.55. The molecule has 22 heavy (non-hydrogen) atoms. The summed E-state index contributed by atoms with van der Waals surface area (Å²) in [6, 6.07) is 5.10. The van der Waals surface area contributed by atoms with Gasteiger partial charge in [-0.25, -0.2) is 4.98 Å². The highest BCUT2D eigenvalue weighted by molar-refractivity contribution is 5.93. The molecule has 1 aliphatic heterocycles.